The molecule has 4 N–H and O–H groups in total. The molecule has 1 heterocycles. The summed E-state index contributed by atoms with van der Waals surface area (Å²) in [6, 6.07) is 3.57. The van der Waals surface area contributed by atoms with Gasteiger partial charge in [0.15, 0.2) is 11.3 Å². The summed E-state index contributed by atoms with van der Waals surface area (Å²) < 4.78 is 5.44. The van der Waals surface area contributed by atoms with E-state index < -0.39 is 11.2 Å². The minimum atomic E-state index is -0.685. The van der Waals surface area contributed by atoms with Crippen LogP contribution >= 0.6 is 0 Å². The van der Waals surface area contributed by atoms with Gasteiger partial charge < -0.3 is 24.8 Å². The highest BCUT2D eigenvalue weighted by Gasteiger charge is 2.21. The lowest BCUT2D eigenvalue weighted by molar-refractivity contribution is 0.441. The Morgan fingerprint density at radius 3 is 2.38 bits per heavy atom. The van der Waals surface area contributed by atoms with Crippen molar-refractivity contribution in [3.05, 3.63) is 45.6 Å². The minimum absolute atomic E-state index is 0.0793. The summed E-state index contributed by atoms with van der Waals surface area (Å²) >= 11 is 0. The van der Waals surface area contributed by atoms with Crippen LogP contribution in [0.4, 0.5) is 0 Å². The largest absolute Gasteiger partial charge is 0.507 e. The predicted octanol–water partition coefficient (Wildman–Crippen LogP) is 3.28. The number of hydrogen-bond acceptors (Lipinski definition) is 6. The number of fused-ring (bicyclic) bond motifs is 2. The van der Waals surface area contributed by atoms with Crippen LogP contribution in [0, 0.1) is 0 Å². The Labute approximate surface area is 136 Å². The molecule has 0 spiro atoms. The van der Waals surface area contributed by atoms with Crippen molar-refractivity contribution in [2.24, 2.45) is 0 Å². The van der Waals surface area contributed by atoms with Gasteiger partial charge in [-0.05, 0) is 32.4 Å². The van der Waals surface area contributed by atoms with Gasteiger partial charge in [0.25, 0.3) is 0 Å². The Hall–Kier alpha value is -3.15. The third kappa shape index (κ3) is 2.32. The number of phenols is 4. The van der Waals surface area contributed by atoms with E-state index in [1.54, 1.807) is 6.08 Å². The summed E-state index contributed by atoms with van der Waals surface area (Å²) in [4.78, 5) is 12.7. The molecule has 0 fully saturated rings. The van der Waals surface area contributed by atoms with Crippen molar-refractivity contribution >= 4 is 21.9 Å². The molecule has 0 saturated heterocycles. The summed E-state index contributed by atoms with van der Waals surface area (Å²) in [5, 5.41) is 40.0. The molecule has 2 aromatic carbocycles. The number of hydrogen-bond donors (Lipinski definition) is 4. The van der Waals surface area contributed by atoms with Crippen LogP contribution < -0.4 is 5.43 Å². The maximum absolute atomic E-state index is 12.7. The summed E-state index contributed by atoms with van der Waals surface area (Å²) in [5.74, 6) is -1.31. The van der Waals surface area contributed by atoms with Gasteiger partial charge in [0.2, 0.25) is 5.43 Å². The Kier molecular flexibility index (Phi) is 3.60. The molecule has 0 saturated carbocycles. The highest BCUT2D eigenvalue weighted by atomic mass is 16.4. The van der Waals surface area contributed by atoms with Gasteiger partial charge in [0.05, 0.1) is 0 Å². The molecule has 0 atom stereocenters. The van der Waals surface area contributed by atoms with Gasteiger partial charge in [0, 0.05) is 11.6 Å². The first-order chi connectivity index (χ1) is 11.3. The minimum Gasteiger partial charge on any atom is -0.507 e. The lowest BCUT2D eigenvalue weighted by atomic mass is 10.0. The lowest BCUT2D eigenvalue weighted by Gasteiger charge is -2.10. The van der Waals surface area contributed by atoms with Crippen molar-refractivity contribution in [2.45, 2.75) is 20.3 Å². The average molecular weight is 328 g/mol. The normalized spacial score (nSPS) is 11.1. The van der Waals surface area contributed by atoms with Crippen LogP contribution in [0.25, 0.3) is 21.9 Å². The molecule has 0 bridgehead atoms. The maximum atomic E-state index is 12.7. The molecular weight excluding hydrogens is 312 g/mol. The van der Waals surface area contributed by atoms with Crippen LogP contribution in [0.2, 0.25) is 0 Å². The van der Waals surface area contributed by atoms with Gasteiger partial charge in [-0.3, -0.25) is 4.79 Å². The zero-order chi connectivity index (χ0) is 17.6. The van der Waals surface area contributed by atoms with Crippen LogP contribution in [0.15, 0.2) is 39.1 Å². The molecule has 0 aliphatic heterocycles. The van der Waals surface area contributed by atoms with E-state index in [4.69, 9.17) is 4.42 Å². The smallest absolute Gasteiger partial charge is 0.208 e. The fourth-order valence-electron chi connectivity index (χ4n) is 2.60. The van der Waals surface area contributed by atoms with Gasteiger partial charge >= 0.3 is 0 Å². The highest BCUT2D eigenvalue weighted by molar-refractivity contribution is 5.98. The monoisotopic (exact) mass is 328 g/mol. The zero-order valence-electron chi connectivity index (χ0n) is 13.1. The van der Waals surface area contributed by atoms with Crippen molar-refractivity contribution in [1.82, 2.24) is 0 Å². The summed E-state index contributed by atoms with van der Waals surface area (Å²) in [5.41, 5.74) is 0.209. The van der Waals surface area contributed by atoms with Crippen molar-refractivity contribution in [3.63, 3.8) is 0 Å². The van der Waals surface area contributed by atoms with Crippen LogP contribution in [-0.4, -0.2) is 20.4 Å². The molecule has 0 aliphatic rings. The average Bonchev–Trinajstić information content (AvgIpc) is 2.50. The topological polar surface area (TPSA) is 111 Å². The van der Waals surface area contributed by atoms with E-state index >= 15 is 0 Å². The van der Waals surface area contributed by atoms with E-state index in [0.29, 0.717) is 0 Å². The predicted molar refractivity (Wildman–Crippen MR) is 89.8 cm³/mol. The van der Waals surface area contributed by atoms with Crippen molar-refractivity contribution in [2.75, 3.05) is 0 Å². The van der Waals surface area contributed by atoms with Crippen molar-refractivity contribution in [3.8, 4) is 23.0 Å². The number of phenolic OH excluding ortho intramolecular Hbond substituents is 4. The van der Waals surface area contributed by atoms with Gasteiger partial charge in [-0.2, -0.15) is 0 Å². The third-order valence-corrected chi connectivity index (χ3v) is 3.84. The molecule has 3 rings (SSSR count). The molecule has 124 valence electrons. The van der Waals surface area contributed by atoms with Crippen molar-refractivity contribution in [1.29, 1.82) is 0 Å². The molecule has 0 amide bonds. The Balaban J connectivity index is 2.46. The first kappa shape index (κ1) is 15.7. The maximum Gasteiger partial charge on any atom is 0.208 e. The molecule has 0 radical (unpaired) electrons. The van der Waals surface area contributed by atoms with Gasteiger partial charge in [-0.25, -0.2) is 0 Å². The number of benzene rings is 2. The molecule has 24 heavy (non-hydrogen) atoms. The Morgan fingerprint density at radius 1 is 1.04 bits per heavy atom. The van der Waals surface area contributed by atoms with E-state index in [1.165, 1.54) is 18.2 Å². The van der Waals surface area contributed by atoms with Gasteiger partial charge in [-0.15, -0.1) is 0 Å². The lowest BCUT2D eigenvalue weighted by Crippen LogP contribution is -2.04. The van der Waals surface area contributed by atoms with Crippen LogP contribution in [0.1, 0.15) is 19.4 Å². The molecule has 0 aliphatic carbocycles. The van der Waals surface area contributed by atoms with E-state index in [9.17, 15) is 25.2 Å². The van der Waals surface area contributed by atoms with Gasteiger partial charge in [0.1, 0.15) is 33.6 Å². The third-order valence-electron chi connectivity index (χ3n) is 3.84. The first-order valence-electron chi connectivity index (χ1n) is 7.30. The number of allylic oxidation sites excluding steroid dienone is 2. The fourth-order valence-corrected chi connectivity index (χ4v) is 2.60. The van der Waals surface area contributed by atoms with Crippen LogP contribution in [-0.2, 0) is 6.42 Å². The van der Waals surface area contributed by atoms with Gasteiger partial charge in [-0.1, -0.05) is 11.6 Å². The SMILES string of the molecule is CC(C)=CCc1c(O)cc2oc3c(O)ccc(O)c3c(=O)c2c1O. The zero-order valence-corrected chi connectivity index (χ0v) is 13.1. The molecule has 6 heteroatoms. The highest BCUT2D eigenvalue weighted by Crippen LogP contribution is 2.38. The molecule has 3 aromatic rings. The van der Waals surface area contributed by atoms with E-state index in [2.05, 4.69) is 0 Å². The molecule has 0 unspecified atom stereocenters. The van der Waals surface area contributed by atoms with Crippen molar-refractivity contribution < 1.29 is 24.8 Å². The summed E-state index contributed by atoms with van der Waals surface area (Å²) in [7, 11) is 0. The fraction of sp³-hybridized carbons (Fsp3) is 0.167. The Bertz CT molecular complexity index is 1050. The van der Waals surface area contributed by atoms with Crippen LogP contribution in [0.5, 0.6) is 23.0 Å². The van der Waals surface area contributed by atoms with Crippen LogP contribution in [0.3, 0.4) is 0 Å². The second-order valence-electron chi connectivity index (χ2n) is 5.82. The summed E-state index contributed by atoms with van der Waals surface area (Å²) in [6.07, 6.45) is 2.03. The quantitative estimate of drug-likeness (QED) is 0.326. The molecule has 6 nitrogen and oxygen atoms in total. The summed E-state index contributed by atoms with van der Waals surface area (Å²) in [6.45, 7) is 3.75. The molecular formula is C18H16O6. The molecule has 1 aromatic heterocycles. The van der Waals surface area contributed by atoms with E-state index in [0.717, 1.165) is 5.57 Å². The number of rotatable bonds is 2. The van der Waals surface area contributed by atoms with E-state index in [1.807, 2.05) is 13.8 Å². The second kappa shape index (κ2) is 5.49. The van der Waals surface area contributed by atoms with E-state index in [-0.39, 0.29) is 51.2 Å². The number of aromatic hydroxyl groups is 4. The first-order valence-corrected chi connectivity index (χ1v) is 7.30. The Morgan fingerprint density at radius 2 is 1.71 bits per heavy atom. The second-order valence-corrected chi connectivity index (χ2v) is 5.82. The standard InChI is InChI=1S/C18H16O6/c1-8(2)3-4-9-12(21)7-13-15(16(9)22)17(23)14-10(19)5-6-11(20)18(14)24-13/h3,5-7,19-22H,4H2,1-2H3.